The van der Waals surface area contributed by atoms with Gasteiger partial charge in [-0.1, -0.05) is 85.0 Å². The van der Waals surface area contributed by atoms with Crippen molar-refractivity contribution in [2.45, 2.75) is 5.25 Å². The Morgan fingerprint density at radius 2 is 1.29 bits per heavy atom. The van der Waals surface area contributed by atoms with E-state index >= 15 is 0 Å². The van der Waals surface area contributed by atoms with Crippen molar-refractivity contribution >= 4 is 30.3 Å². The van der Waals surface area contributed by atoms with Crippen molar-refractivity contribution < 1.29 is 0 Å². The Balaban J connectivity index is 1.70. The van der Waals surface area contributed by atoms with Gasteiger partial charge in [0.1, 0.15) is 0 Å². The number of rotatable bonds is 6. The molecule has 0 radical (unpaired) electrons. The Labute approximate surface area is 132 Å². The fourth-order valence-corrected chi connectivity index (χ4v) is 6.13. The van der Waals surface area contributed by atoms with E-state index in [0.717, 1.165) is 0 Å². The van der Waals surface area contributed by atoms with Gasteiger partial charge in [-0.25, -0.2) is 0 Å². The van der Waals surface area contributed by atoms with Crippen molar-refractivity contribution in [3.63, 3.8) is 0 Å². The lowest BCUT2D eigenvalue weighted by atomic mass is 10.4. The molecule has 0 nitrogen and oxygen atoms in total. The largest absolute Gasteiger partial charge is 0.150 e. The fraction of sp³-hybridized carbons (Fsp3) is 0.158. The molecular weight excluding hydrogens is 291 g/mol. The predicted molar refractivity (Wildman–Crippen MR) is 98.5 cm³/mol. The standard InChI is InChI=1S/C19H19PS/c1-3-9-17(10-4-1)20(18-11-5-2-6-12-18)15-16-21-19-13-7-8-14-19/h1-14,19H,15-16H2. The minimum Gasteiger partial charge on any atom is -0.150 e. The first-order chi connectivity index (χ1) is 10.4. The maximum atomic E-state index is 2.28. The van der Waals surface area contributed by atoms with Gasteiger partial charge in [-0.05, 0) is 30.4 Å². The average molecular weight is 310 g/mol. The number of benzene rings is 2. The zero-order chi connectivity index (χ0) is 14.3. The summed E-state index contributed by atoms with van der Waals surface area (Å²) in [5, 5.41) is 3.54. The Kier molecular flexibility index (Phi) is 5.32. The van der Waals surface area contributed by atoms with Gasteiger partial charge in [-0.2, -0.15) is 0 Å². The molecule has 1 aliphatic carbocycles. The lowest BCUT2D eigenvalue weighted by Crippen LogP contribution is -2.15. The van der Waals surface area contributed by atoms with Gasteiger partial charge in [-0.3, -0.25) is 0 Å². The molecule has 106 valence electrons. The summed E-state index contributed by atoms with van der Waals surface area (Å²) in [5.74, 6) is 1.20. The van der Waals surface area contributed by atoms with Crippen LogP contribution in [0.25, 0.3) is 0 Å². The second-order valence-electron chi connectivity index (χ2n) is 4.93. The van der Waals surface area contributed by atoms with E-state index in [9.17, 15) is 0 Å². The van der Waals surface area contributed by atoms with Crippen molar-refractivity contribution in [3.05, 3.63) is 85.0 Å². The van der Waals surface area contributed by atoms with Crippen molar-refractivity contribution in [2.24, 2.45) is 0 Å². The summed E-state index contributed by atoms with van der Waals surface area (Å²) in [6, 6.07) is 21.9. The highest BCUT2D eigenvalue weighted by Crippen LogP contribution is 2.35. The second kappa shape index (κ2) is 7.64. The quantitative estimate of drug-likeness (QED) is 0.715. The molecule has 0 N–H and O–H groups in total. The van der Waals surface area contributed by atoms with Crippen LogP contribution in [-0.2, 0) is 0 Å². The van der Waals surface area contributed by atoms with E-state index in [2.05, 4.69) is 85.0 Å². The molecule has 0 saturated heterocycles. The molecule has 0 saturated carbocycles. The molecule has 0 unspecified atom stereocenters. The molecule has 2 aromatic carbocycles. The van der Waals surface area contributed by atoms with Gasteiger partial charge >= 0.3 is 0 Å². The summed E-state index contributed by atoms with van der Waals surface area (Å²) in [6.45, 7) is 0. The molecule has 2 aromatic rings. The third-order valence-electron chi connectivity index (χ3n) is 3.47. The van der Waals surface area contributed by atoms with Gasteiger partial charge in [0.25, 0.3) is 0 Å². The third kappa shape index (κ3) is 4.09. The SMILES string of the molecule is C1=CC(SCCP(c2ccccc2)c2ccccc2)C=C1. The molecule has 0 fully saturated rings. The number of allylic oxidation sites excluding steroid dienone is 2. The Bertz CT molecular complexity index is 552. The second-order valence-corrected chi connectivity index (χ2v) is 8.55. The smallest absolute Gasteiger partial charge is 0.0413 e. The van der Waals surface area contributed by atoms with Crippen LogP contribution in [0.4, 0.5) is 0 Å². The van der Waals surface area contributed by atoms with E-state index in [1.54, 1.807) is 0 Å². The minimum absolute atomic E-state index is 0.240. The van der Waals surface area contributed by atoms with Crippen LogP contribution in [0.1, 0.15) is 0 Å². The van der Waals surface area contributed by atoms with Crippen LogP contribution in [0.3, 0.4) is 0 Å². The molecule has 1 aliphatic rings. The molecule has 3 rings (SSSR count). The zero-order valence-electron chi connectivity index (χ0n) is 11.9. The van der Waals surface area contributed by atoms with E-state index in [-0.39, 0.29) is 7.92 Å². The van der Waals surface area contributed by atoms with Gasteiger partial charge in [0, 0.05) is 5.25 Å². The average Bonchev–Trinajstić information content (AvgIpc) is 3.07. The predicted octanol–water partition coefficient (Wildman–Crippen LogP) is 4.35. The molecule has 0 aliphatic heterocycles. The maximum Gasteiger partial charge on any atom is 0.0413 e. The van der Waals surface area contributed by atoms with Crippen LogP contribution in [-0.4, -0.2) is 17.2 Å². The van der Waals surface area contributed by atoms with E-state index in [1.165, 1.54) is 22.5 Å². The first-order valence-electron chi connectivity index (χ1n) is 7.28. The van der Waals surface area contributed by atoms with Crippen molar-refractivity contribution in [1.29, 1.82) is 0 Å². The Hall–Kier alpha value is -1.30. The van der Waals surface area contributed by atoms with Gasteiger partial charge in [-0.15, -0.1) is 11.8 Å². The molecule has 21 heavy (non-hydrogen) atoms. The van der Waals surface area contributed by atoms with Crippen LogP contribution in [0.5, 0.6) is 0 Å². The summed E-state index contributed by atoms with van der Waals surface area (Å²) in [7, 11) is -0.240. The highest BCUT2D eigenvalue weighted by atomic mass is 32.2. The molecular formula is C19H19PS. The number of thioether (sulfide) groups is 1. The van der Waals surface area contributed by atoms with Gasteiger partial charge < -0.3 is 0 Å². The summed E-state index contributed by atoms with van der Waals surface area (Å²) in [6.07, 6.45) is 10.1. The van der Waals surface area contributed by atoms with Crippen molar-refractivity contribution in [1.82, 2.24) is 0 Å². The van der Waals surface area contributed by atoms with Crippen LogP contribution < -0.4 is 10.6 Å². The van der Waals surface area contributed by atoms with E-state index in [0.29, 0.717) is 5.25 Å². The minimum atomic E-state index is -0.240. The Morgan fingerprint density at radius 1 is 0.762 bits per heavy atom. The summed E-state index contributed by atoms with van der Waals surface area (Å²) >= 11 is 2.04. The summed E-state index contributed by atoms with van der Waals surface area (Å²) in [4.78, 5) is 0. The van der Waals surface area contributed by atoms with Crippen molar-refractivity contribution in [2.75, 3.05) is 11.9 Å². The first kappa shape index (κ1) is 14.6. The monoisotopic (exact) mass is 310 g/mol. The lowest BCUT2D eigenvalue weighted by Gasteiger charge is -2.19. The number of hydrogen-bond donors (Lipinski definition) is 0. The van der Waals surface area contributed by atoms with Crippen molar-refractivity contribution in [3.8, 4) is 0 Å². The van der Waals surface area contributed by atoms with E-state index in [1.807, 2.05) is 11.8 Å². The maximum absolute atomic E-state index is 2.28. The Morgan fingerprint density at radius 3 is 1.81 bits per heavy atom. The molecule has 0 amide bonds. The molecule has 0 aromatic heterocycles. The van der Waals surface area contributed by atoms with Crippen LogP contribution in [0.15, 0.2) is 85.0 Å². The van der Waals surface area contributed by atoms with Crippen LogP contribution in [0, 0.1) is 0 Å². The van der Waals surface area contributed by atoms with Crippen LogP contribution in [0.2, 0.25) is 0 Å². The van der Waals surface area contributed by atoms with E-state index in [4.69, 9.17) is 0 Å². The molecule has 0 atom stereocenters. The molecule has 0 heterocycles. The highest BCUT2D eigenvalue weighted by molar-refractivity contribution is 8.00. The highest BCUT2D eigenvalue weighted by Gasteiger charge is 2.14. The number of hydrogen-bond acceptors (Lipinski definition) is 1. The molecule has 0 bridgehead atoms. The lowest BCUT2D eigenvalue weighted by molar-refractivity contribution is 1.43. The summed E-state index contributed by atoms with van der Waals surface area (Å²) in [5.41, 5.74) is 0. The van der Waals surface area contributed by atoms with Gasteiger partial charge in [0.05, 0.1) is 0 Å². The third-order valence-corrected chi connectivity index (χ3v) is 7.43. The summed E-state index contributed by atoms with van der Waals surface area (Å²) < 4.78 is 0. The fourth-order valence-electron chi connectivity index (χ4n) is 2.43. The molecule has 2 heteroatoms. The van der Waals surface area contributed by atoms with E-state index < -0.39 is 0 Å². The van der Waals surface area contributed by atoms with Crippen LogP contribution >= 0.6 is 19.7 Å². The zero-order valence-corrected chi connectivity index (χ0v) is 13.6. The van der Waals surface area contributed by atoms with Gasteiger partial charge in [0.15, 0.2) is 0 Å². The topological polar surface area (TPSA) is 0 Å². The normalized spacial score (nSPS) is 14.1. The van der Waals surface area contributed by atoms with Gasteiger partial charge in [0.2, 0.25) is 0 Å². The molecule has 0 spiro atoms. The first-order valence-corrected chi connectivity index (χ1v) is 9.85.